The highest BCUT2D eigenvalue weighted by Gasteiger charge is 2.11. The molecule has 1 heterocycles. The predicted molar refractivity (Wildman–Crippen MR) is 79.2 cm³/mol. The summed E-state index contributed by atoms with van der Waals surface area (Å²) in [5, 5.41) is 2.74. The lowest BCUT2D eigenvalue weighted by Crippen LogP contribution is -2.23. The van der Waals surface area contributed by atoms with Crippen LogP contribution in [0.5, 0.6) is 5.75 Å². The van der Waals surface area contributed by atoms with Crippen LogP contribution in [0.15, 0.2) is 22.6 Å². The van der Waals surface area contributed by atoms with Gasteiger partial charge in [0, 0.05) is 5.56 Å². The molecule has 6 heteroatoms. The zero-order valence-corrected chi connectivity index (χ0v) is 12.4. The fourth-order valence-electron chi connectivity index (χ4n) is 1.85. The number of carbonyl (C=O) groups excluding carboxylic acids is 1. The monoisotopic (exact) mass is 289 g/mol. The van der Waals surface area contributed by atoms with E-state index in [-0.39, 0.29) is 12.5 Å². The Balaban J connectivity index is 2.01. The van der Waals surface area contributed by atoms with Gasteiger partial charge in [0.15, 0.2) is 0 Å². The molecule has 112 valence electrons. The fourth-order valence-corrected chi connectivity index (χ4v) is 1.85. The topological polar surface area (TPSA) is 90.4 Å². The molecule has 0 fully saturated rings. The maximum Gasteiger partial charge on any atom is 0.251 e. The molecule has 1 aromatic carbocycles. The summed E-state index contributed by atoms with van der Waals surface area (Å²) in [6.07, 6.45) is 0. The van der Waals surface area contributed by atoms with Gasteiger partial charge in [-0.05, 0) is 39.0 Å². The average Bonchev–Trinajstić information content (AvgIpc) is 2.77. The number of anilines is 1. The molecular formula is C15H19N3O3. The lowest BCUT2D eigenvalue weighted by molar-refractivity contribution is 0.0947. The van der Waals surface area contributed by atoms with Crippen molar-refractivity contribution in [3.8, 4) is 5.75 Å². The van der Waals surface area contributed by atoms with Crippen LogP contribution < -0.4 is 15.8 Å². The van der Waals surface area contributed by atoms with Crippen molar-refractivity contribution >= 4 is 11.6 Å². The smallest absolute Gasteiger partial charge is 0.251 e. The summed E-state index contributed by atoms with van der Waals surface area (Å²) in [4.78, 5) is 16.3. The van der Waals surface area contributed by atoms with E-state index in [1.807, 2.05) is 20.8 Å². The van der Waals surface area contributed by atoms with Crippen LogP contribution in [0.2, 0.25) is 0 Å². The molecule has 0 bridgehead atoms. The molecule has 0 radical (unpaired) electrons. The number of aromatic nitrogens is 1. The molecule has 3 N–H and O–H groups in total. The van der Waals surface area contributed by atoms with Crippen LogP contribution in [-0.4, -0.2) is 17.5 Å². The van der Waals surface area contributed by atoms with E-state index in [9.17, 15) is 4.79 Å². The molecule has 2 aromatic rings. The normalized spacial score (nSPS) is 10.4. The molecule has 2 rings (SSSR count). The van der Waals surface area contributed by atoms with Crippen molar-refractivity contribution in [1.82, 2.24) is 10.3 Å². The number of nitrogens with two attached hydrogens (primary N) is 1. The van der Waals surface area contributed by atoms with Crippen molar-refractivity contribution in [1.29, 1.82) is 0 Å². The first-order valence-corrected chi connectivity index (χ1v) is 6.74. The van der Waals surface area contributed by atoms with E-state index in [1.165, 1.54) is 0 Å². The van der Waals surface area contributed by atoms with Gasteiger partial charge in [-0.2, -0.15) is 0 Å². The van der Waals surface area contributed by atoms with Crippen molar-refractivity contribution in [2.24, 2.45) is 0 Å². The number of nitrogens with one attached hydrogen (secondary N) is 1. The van der Waals surface area contributed by atoms with Crippen molar-refractivity contribution in [2.75, 3.05) is 12.3 Å². The van der Waals surface area contributed by atoms with E-state index in [0.717, 1.165) is 11.5 Å². The Kier molecular flexibility index (Phi) is 4.47. The maximum absolute atomic E-state index is 12.1. The number of rotatable bonds is 5. The van der Waals surface area contributed by atoms with Crippen LogP contribution >= 0.6 is 0 Å². The summed E-state index contributed by atoms with van der Waals surface area (Å²) in [6.45, 7) is 6.33. The Morgan fingerprint density at radius 1 is 1.43 bits per heavy atom. The van der Waals surface area contributed by atoms with Gasteiger partial charge in [0.25, 0.3) is 5.91 Å². The van der Waals surface area contributed by atoms with Crippen LogP contribution in [-0.2, 0) is 6.54 Å². The van der Waals surface area contributed by atoms with Gasteiger partial charge in [-0.25, -0.2) is 4.98 Å². The summed E-state index contributed by atoms with van der Waals surface area (Å²) in [7, 11) is 0. The van der Waals surface area contributed by atoms with Gasteiger partial charge in [-0.15, -0.1) is 0 Å². The molecule has 0 atom stereocenters. The summed E-state index contributed by atoms with van der Waals surface area (Å²) < 4.78 is 10.7. The number of nitrogens with zero attached hydrogens (tertiary/aromatic N) is 1. The largest absolute Gasteiger partial charge is 0.492 e. The number of ether oxygens (including phenoxy) is 1. The zero-order valence-electron chi connectivity index (χ0n) is 12.4. The molecule has 0 aliphatic carbocycles. The van der Waals surface area contributed by atoms with Crippen LogP contribution in [0.4, 0.5) is 5.69 Å². The fraction of sp³-hybridized carbons (Fsp3) is 0.333. The highest BCUT2D eigenvalue weighted by molar-refractivity contribution is 5.95. The van der Waals surface area contributed by atoms with Gasteiger partial charge in [0.2, 0.25) is 5.89 Å². The Bertz CT molecular complexity index is 630. The van der Waals surface area contributed by atoms with Crippen LogP contribution in [0.1, 0.15) is 34.6 Å². The second-order valence-corrected chi connectivity index (χ2v) is 4.62. The molecular weight excluding hydrogens is 270 g/mol. The quantitative estimate of drug-likeness (QED) is 0.823. The summed E-state index contributed by atoms with van der Waals surface area (Å²) in [5.74, 6) is 1.58. The third-order valence-corrected chi connectivity index (χ3v) is 3.04. The Morgan fingerprint density at radius 3 is 2.76 bits per heavy atom. The molecule has 0 saturated carbocycles. The van der Waals surface area contributed by atoms with Gasteiger partial charge in [0.05, 0.1) is 24.5 Å². The Labute approximate surface area is 123 Å². The van der Waals surface area contributed by atoms with E-state index in [1.54, 1.807) is 18.2 Å². The first-order valence-electron chi connectivity index (χ1n) is 6.74. The number of amides is 1. The van der Waals surface area contributed by atoms with Crippen molar-refractivity contribution in [3.05, 3.63) is 41.1 Å². The van der Waals surface area contributed by atoms with Crippen LogP contribution in [0.3, 0.4) is 0 Å². The number of oxazole rings is 1. The second-order valence-electron chi connectivity index (χ2n) is 4.62. The standard InChI is InChI=1S/C15H19N3O3/c1-4-20-13-6-5-11(7-12(13)16)15(19)17-8-14-18-9(2)10(3)21-14/h5-7H,4,8,16H2,1-3H3,(H,17,19). The summed E-state index contributed by atoms with van der Waals surface area (Å²) >= 11 is 0. The van der Waals surface area contributed by atoms with Crippen molar-refractivity contribution in [3.63, 3.8) is 0 Å². The minimum Gasteiger partial charge on any atom is -0.492 e. The van der Waals surface area contributed by atoms with Gasteiger partial charge < -0.3 is 20.2 Å². The van der Waals surface area contributed by atoms with Crippen molar-refractivity contribution in [2.45, 2.75) is 27.3 Å². The minimum atomic E-state index is -0.238. The minimum absolute atomic E-state index is 0.237. The van der Waals surface area contributed by atoms with E-state index < -0.39 is 0 Å². The average molecular weight is 289 g/mol. The summed E-state index contributed by atoms with van der Waals surface area (Å²) in [5.41, 5.74) is 7.57. The van der Waals surface area contributed by atoms with Gasteiger partial charge in [-0.3, -0.25) is 4.79 Å². The predicted octanol–water partition coefficient (Wildman–Crippen LogP) is 2.20. The lowest BCUT2D eigenvalue weighted by atomic mass is 10.1. The SMILES string of the molecule is CCOc1ccc(C(=O)NCc2nc(C)c(C)o2)cc1N. The number of aryl methyl sites for hydroxylation is 2. The van der Waals surface area contributed by atoms with E-state index in [2.05, 4.69) is 10.3 Å². The number of hydrogen-bond acceptors (Lipinski definition) is 5. The first kappa shape index (κ1) is 14.9. The molecule has 1 amide bonds. The van der Waals surface area contributed by atoms with E-state index >= 15 is 0 Å². The third-order valence-electron chi connectivity index (χ3n) is 3.04. The van der Waals surface area contributed by atoms with Gasteiger partial charge in [-0.1, -0.05) is 0 Å². The van der Waals surface area contributed by atoms with E-state index in [0.29, 0.717) is 29.5 Å². The molecule has 0 unspecified atom stereocenters. The maximum atomic E-state index is 12.1. The number of benzene rings is 1. The molecule has 6 nitrogen and oxygen atoms in total. The zero-order chi connectivity index (χ0) is 15.4. The third kappa shape index (κ3) is 3.53. The Morgan fingerprint density at radius 2 is 2.19 bits per heavy atom. The van der Waals surface area contributed by atoms with Crippen molar-refractivity contribution < 1.29 is 13.9 Å². The van der Waals surface area contributed by atoms with Crippen LogP contribution in [0, 0.1) is 13.8 Å². The number of hydrogen-bond donors (Lipinski definition) is 2. The summed E-state index contributed by atoms with van der Waals surface area (Å²) in [6, 6.07) is 4.95. The number of carbonyl (C=O) groups is 1. The molecule has 1 aromatic heterocycles. The van der Waals surface area contributed by atoms with Gasteiger partial charge >= 0.3 is 0 Å². The molecule has 0 aliphatic rings. The Hall–Kier alpha value is -2.50. The number of nitrogen functional groups attached to an aromatic ring is 1. The second kappa shape index (κ2) is 6.30. The molecule has 0 spiro atoms. The molecule has 0 saturated heterocycles. The first-order chi connectivity index (χ1) is 10.0. The highest BCUT2D eigenvalue weighted by Crippen LogP contribution is 2.22. The molecule has 0 aliphatic heterocycles. The lowest BCUT2D eigenvalue weighted by Gasteiger charge is -2.08. The van der Waals surface area contributed by atoms with E-state index in [4.69, 9.17) is 14.9 Å². The highest BCUT2D eigenvalue weighted by atomic mass is 16.5. The van der Waals surface area contributed by atoms with Gasteiger partial charge in [0.1, 0.15) is 11.5 Å². The molecule has 21 heavy (non-hydrogen) atoms. The van der Waals surface area contributed by atoms with Crippen LogP contribution in [0.25, 0.3) is 0 Å².